The summed E-state index contributed by atoms with van der Waals surface area (Å²) in [5.41, 5.74) is 2.26. The number of ether oxygens (including phenoxy) is 2. The number of carbonyl (C=O) groups excluding carboxylic acids is 1. The van der Waals surface area contributed by atoms with Gasteiger partial charge in [0.05, 0.1) is 29.2 Å². The van der Waals surface area contributed by atoms with Crippen LogP contribution in [0.25, 0.3) is 11.0 Å². The molecule has 43 heavy (non-hydrogen) atoms. The van der Waals surface area contributed by atoms with Crippen molar-refractivity contribution in [3.8, 4) is 17.4 Å². The number of hydrogen-bond donors (Lipinski definition) is 2. The molecule has 226 valence electrons. The molecule has 2 aliphatic rings. The molecule has 2 atom stereocenters. The molecule has 0 spiro atoms. The van der Waals surface area contributed by atoms with Gasteiger partial charge in [0.2, 0.25) is 5.88 Å². The second-order valence-electron chi connectivity index (χ2n) is 11.1. The standard InChI is InChI=1S/C30H32F3N7O3/c1-4-18-14-40(15-19-10-22(13-35-26(18)19)42-25-5-7-34-27-23(25)9-17(2)37-27)29(41)38-20-11-24(30(31,32)33)28(36-12-20)43-21-6-8-39(3)16-21/h5,7,9-13,18,21H,4,6,8,14-16H2,1-3H3,(H,34,37)(H,38,41)/t18-,21+/m1/s1. The molecule has 10 nitrogen and oxygen atoms in total. The zero-order valence-electron chi connectivity index (χ0n) is 24.0. The first-order chi connectivity index (χ1) is 20.6. The van der Waals surface area contributed by atoms with Gasteiger partial charge in [0.1, 0.15) is 28.8 Å². The maximum atomic E-state index is 13.9. The number of anilines is 1. The number of likely N-dealkylation sites (tertiary alicyclic amines) is 1. The molecular formula is C30H32F3N7O3. The average molecular weight is 596 g/mol. The van der Waals surface area contributed by atoms with Crippen LogP contribution in [0.1, 0.15) is 48.2 Å². The van der Waals surface area contributed by atoms with Gasteiger partial charge in [0, 0.05) is 44.0 Å². The number of hydrogen-bond acceptors (Lipinski definition) is 7. The smallest absolute Gasteiger partial charge is 0.421 e. The molecular weight excluding hydrogens is 563 g/mol. The number of aromatic amines is 1. The Kier molecular flexibility index (Phi) is 7.59. The summed E-state index contributed by atoms with van der Waals surface area (Å²) in [6.45, 7) is 5.78. The predicted octanol–water partition coefficient (Wildman–Crippen LogP) is 6.10. The lowest BCUT2D eigenvalue weighted by molar-refractivity contribution is -0.139. The molecule has 0 aliphatic carbocycles. The number of nitrogens with one attached hydrogen (secondary N) is 2. The molecule has 0 unspecified atom stereocenters. The van der Waals surface area contributed by atoms with E-state index in [-0.39, 0.29) is 24.3 Å². The number of fused-ring (bicyclic) bond motifs is 2. The van der Waals surface area contributed by atoms with E-state index >= 15 is 0 Å². The predicted molar refractivity (Wildman–Crippen MR) is 153 cm³/mol. The van der Waals surface area contributed by atoms with Gasteiger partial charge in [-0.15, -0.1) is 0 Å². The second-order valence-corrected chi connectivity index (χ2v) is 11.1. The number of nitrogens with zero attached hydrogens (tertiary/aromatic N) is 5. The highest BCUT2D eigenvalue weighted by atomic mass is 19.4. The summed E-state index contributed by atoms with van der Waals surface area (Å²) in [5.74, 6) is 0.593. The van der Waals surface area contributed by atoms with Crippen molar-refractivity contribution >= 4 is 22.8 Å². The molecule has 0 saturated carbocycles. The largest absolute Gasteiger partial charge is 0.473 e. The van der Waals surface area contributed by atoms with E-state index in [1.54, 1.807) is 23.4 Å². The minimum atomic E-state index is -4.70. The Hall–Kier alpha value is -4.39. The molecule has 1 fully saturated rings. The van der Waals surface area contributed by atoms with Gasteiger partial charge in [-0.3, -0.25) is 4.98 Å². The molecule has 0 bridgehead atoms. The molecule has 6 rings (SSSR count). The number of amides is 2. The van der Waals surface area contributed by atoms with E-state index in [0.29, 0.717) is 36.7 Å². The molecule has 2 N–H and O–H groups in total. The zero-order chi connectivity index (χ0) is 30.3. The van der Waals surface area contributed by atoms with Crippen molar-refractivity contribution in [1.29, 1.82) is 0 Å². The van der Waals surface area contributed by atoms with Gasteiger partial charge in [-0.05, 0) is 56.6 Å². The number of aromatic nitrogens is 4. The third kappa shape index (κ3) is 6.07. The first kappa shape index (κ1) is 28.7. The number of H-pyrrole nitrogens is 1. The number of halogens is 3. The van der Waals surface area contributed by atoms with E-state index < -0.39 is 23.7 Å². The number of pyridine rings is 3. The van der Waals surface area contributed by atoms with Gasteiger partial charge in [-0.2, -0.15) is 13.2 Å². The summed E-state index contributed by atoms with van der Waals surface area (Å²) >= 11 is 0. The normalized spacial score (nSPS) is 19.0. The average Bonchev–Trinajstić information content (AvgIpc) is 3.56. The fraction of sp³-hybridized carbons (Fsp3) is 0.400. The Morgan fingerprint density at radius 2 is 2.00 bits per heavy atom. The van der Waals surface area contributed by atoms with Crippen LogP contribution in [0.3, 0.4) is 0 Å². The minimum Gasteiger partial charge on any atom is -0.473 e. The second kappa shape index (κ2) is 11.4. The molecule has 4 aromatic rings. The zero-order valence-corrected chi connectivity index (χ0v) is 24.0. The topological polar surface area (TPSA) is 109 Å². The van der Waals surface area contributed by atoms with Crippen molar-refractivity contribution in [2.24, 2.45) is 0 Å². The van der Waals surface area contributed by atoms with Crippen molar-refractivity contribution in [1.82, 2.24) is 29.7 Å². The van der Waals surface area contributed by atoms with Crippen LogP contribution in [0.15, 0.2) is 42.9 Å². The number of rotatable bonds is 6. The monoisotopic (exact) mass is 595 g/mol. The number of urea groups is 1. The number of likely N-dealkylation sites (N-methyl/N-ethyl adjacent to an activating group) is 1. The van der Waals surface area contributed by atoms with Crippen LogP contribution >= 0.6 is 0 Å². The summed E-state index contributed by atoms with van der Waals surface area (Å²) < 4.78 is 53.6. The summed E-state index contributed by atoms with van der Waals surface area (Å²) in [4.78, 5) is 33.0. The third-order valence-corrected chi connectivity index (χ3v) is 7.83. The highest BCUT2D eigenvalue weighted by Crippen LogP contribution is 2.38. The van der Waals surface area contributed by atoms with Crippen LogP contribution in [-0.2, 0) is 12.7 Å². The molecule has 2 amide bonds. The molecule has 4 aromatic heterocycles. The number of aryl methyl sites for hydroxylation is 1. The quantitative estimate of drug-likeness (QED) is 0.278. The highest BCUT2D eigenvalue weighted by Gasteiger charge is 2.37. The first-order valence-corrected chi connectivity index (χ1v) is 14.2. The van der Waals surface area contributed by atoms with Crippen molar-refractivity contribution in [2.45, 2.75) is 51.4 Å². The van der Waals surface area contributed by atoms with Crippen molar-refractivity contribution < 1.29 is 27.4 Å². The van der Waals surface area contributed by atoms with Crippen molar-refractivity contribution in [3.05, 3.63) is 65.4 Å². The van der Waals surface area contributed by atoms with Crippen LogP contribution in [0.2, 0.25) is 0 Å². The molecule has 0 aromatic carbocycles. The van der Waals surface area contributed by atoms with Crippen LogP contribution in [0.5, 0.6) is 17.4 Å². The lowest BCUT2D eigenvalue weighted by atomic mass is 9.92. The third-order valence-electron chi connectivity index (χ3n) is 7.83. The lowest BCUT2D eigenvalue weighted by Crippen LogP contribution is -2.41. The number of carbonyl (C=O) groups is 1. The lowest BCUT2D eigenvalue weighted by Gasteiger charge is -2.33. The van der Waals surface area contributed by atoms with Crippen LogP contribution < -0.4 is 14.8 Å². The fourth-order valence-corrected chi connectivity index (χ4v) is 5.67. The van der Waals surface area contributed by atoms with E-state index in [2.05, 4.69) is 25.3 Å². The highest BCUT2D eigenvalue weighted by molar-refractivity contribution is 5.89. The van der Waals surface area contributed by atoms with Gasteiger partial charge < -0.3 is 29.6 Å². The van der Waals surface area contributed by atoms with E-state index in [4.69, 9.17) is 9.47 Å². The van der Waals surface area contributed by atoms with Crippen LogP contribution in [0, 0.1) is 6.92 Å². The Morgan fingerprint density at radius 3 is 2.74 bits per heavy atom. The first-order valence-electron chi connectivity index (χ1n) is 14.2. The maximum absolute atomic E-state index is 13.9. The Morgan fingerprint density at radius 1 is 1.16 bits per heavy atom. The number of alkyl halides is 3. The molecule has 13 heteroatoms. The van der Waals surface area contributed by atoms with Crippen molar-refractivity contribution in [3.63, 3.8) is 0 Å². The Labute approximate surface area is 246 Å². The minimum absolute atomic E-state index is 0.0484. The van der Waals surface area contributed by atoms with Crippen molar-refractivity contribution in [2.75, 3.05) is 32.0 Å². The molecule has 1 saturated heterocycles. The van der Waals surface area contributed by atoms with Crippen LogP contribution in [-0.4, -0.2) is 68.6 Å². The van der Waals surface area contributed by atoms with Crippen LogP contribution in [0.4, 0.5) is 23.7 Å². The van der Waals surface area contributed by atoms with Gasteiger partial charge in [0.25, 0.3) is 0 Å². The van der Waals surface area contributed by atoms with Gasteiger partial charge in [-0.1, -0.05) is 6.92 Å². The molecule has 0 radical (unpaired) electrons. The van der Waals surface area contributed by atoms with E-state index in [1.807, 2.05) is 37.9 Å². The van der Waals surface area contributed by atoms with E-state index in [1.165, 1.54) is 6.20 Å². The van der Waals surface area contributed by atoms with Gasteiger partial charge in [0.15, 0.2) is 0 Å². The Bertz CT molecular complexity index is 1660. The van der Waals surface area contributed by atoms with E-state index in [0.717, 1.165) is 41.4 Å². The molecule has 2 aliphatic heterocycles. The van der Waals surface area contributed by atoms with E-state index in [9.17, 15) is 18.0 Å². The summed E-state index contributed by atoms with van der Waals surface area (Å²) in [5, 5.41) is 3.44. The summed E-state index contributed by atoms with van der Waals surface area (Å²) in [6, 6.07) is 5.92. The van der Waals surface area contributed by atoms with Gasteiger partial charge in [-0.25, -0.2) is 14.8 Å². The SMILES string of the molecule is CC[C@@H]1CN(C(=O)Nc2cnc(O[C@H]3CCN(C)C3)c(C(F)(F)F)c2)Cc2cc(Oc3ccnc4[nH]c(C)cc34)cnc21. The molecule has 6 heterocycles. The fourth-order valence-electron chi connectivity index (χ4n) is 5.67. The Balaban J connectivity index is 1.20. The summed E-state index contributed by atoms with van der Waals surface area (Å²) in [6.07, 6.45) is 0.777. The van der Waals surface area contributed by atoms with Gasteiger partial charge >= 0.3 is 12.2 Å². The summed E-state index contributed by atoms with van der Waals surface area (Å²) in [7, 11) is 1.88. The maximum Gasteiger partial charge on any atom is 0.421 e.